The van der Waals surface area contributed by atoms with Gasteiger partial charge in [-0.25, -0.2) is 0 Å². The maximum absolute atomic E-state index is 4.79. The molecular formula is C27H33N. The number of pyridine rings is 1. The predicted octanol–water partition coefficient (Wildman–Crippen LogP) is 7.06. The lowest BCUT2D eigenvalue weighted by molar-refractivity contribution is 0.331. The number of hydrogen-bond donors (Lipinski definition) is 0. The monoisotopic (exact) mass is 371 g/mol. The van der Waals surface area contributed by atoms with E-state index in [1.54, 1.807) is 5.56 Å². The van der Waals surface area contributed by atoms with Crippen LogP contribution in [-0.2, 0) is 17.3 Å². The van der Waals surface area contributed by atoms with Crippen molar-refractivity contribution in [3.63, 3.8) is 0 Å². The second-order valence-electron chi connectivity index (χ2n) is 10.1. The Bertz CT molecular complexity index is 955. The first-order valence-electron chi connectivity index (χ1n) is 10.7. The predicted molar refractivity (Wildman–Crippen MR) is 120 cm³/mol. The van der Waals surface area contributed by atoms with E-state index in [4.69, 9.17) is 4.98 Å². The van der Waals surface area contributed by atoms with Gasteiger partial charge in [-0.05, 0) is 88.5 Å². The van der Waals surface area contributed by atoms with Crippen LogP contribution >= 0.6 is 0 Å². The first kappa shape index (κ1) is 19.2. The van der Waals surface area contributed by atoms with E-state index in [0.717, 1.165) is 25.0 Å². The molecule has 1 aromatic heterocycles. The van der Waals surface area contributed by atoms with Gasteiger partial charge in [-0.2, -0.15) is 0 Å². The summed E-state index contributed by atoms with van der Waals surface area (Å²) < 4.78 is 0. The van der Waals surface area contributed by atoms with E-state index in [0.29, 0.717) is 0 Å². The van der Waals surface area contributed by atoms with Gasteiger partial charge >= 0.3 is 0 Å². The lowest BCUT2D eigenvalue weighted by atomic mass is 9.62. The summed E-state index contributed by atoms with van der Waals surface area (Å²) in [7, 11) is 0. The summed E-state index contributed by atoms with van der Waals surface area (Å²) in [5, 5.41) is 0. The van der Waals surface area contributed by atoms with Gasteiger partial charge in [0.25, 0.3) is 0 Å². The number of fused-ring (bicyclic) bond motifs is 1. The first-order chi connectivity index (χ1) is 13.2. The number of allylic oxidation sites excluding steroid dienone is 3. The van der Waals surface area contributed by atoms with Gasteiger partial charge in [0.05, 0.1) is 0 Å². The fourth-order valence-electron chi connectivity index (χ4n) is 4.83. The molecule has 0 N–H and O–H groups in total. The second-order valence-corrected chi connectivity index (χ2v) is 10.1. The van der Waals surface area contributed by atoms with E-state index >= 15 is 0 Å². The molecule has 1 aromatic carbocycles. The smallest absolute Gasteiger partial charge is 0.0447 e. The SMILES string of the molecule is C=C1CCC=C1c1ccc(Cc2cc3c(cc2C)C(C)(C)CCC3(C)C)nc1. The van der Waals surface area contributed by atoms with Crippen LogP contribution < -0.4 is 0 Å². The van der Waals surface area contributed by atoms with E-state index in [9.17, 15) is 0 Å². The highest BCUT2D eigenvalue weighted by Crippen LogP contribution is 2.46. The summed E-state index contributed by atoms with van der Waals surface area (Å²) in [6.45, 7) is 16.0. The average molecular weight is 372 g/mol. The van der Waals surface area contributed by atoms with Crippen molar-refractivity contribution in [2.24, 2.45) is 0 Å². The summed E-state index contributed by atoms with van der Waals surface area (Å²) >= 11 is 0. The Labute approximate surface area is 170 Å². The molecule has 0 fully saturated rings. The summed E-state index contributed by atoms with van der Waals surface area (Å²) in [5.74, 6) is 0. The Balaban J connectivity index is 1.65. The summed E-state index contributed by atoms with van der Waals surface area (Å²) in [4.78, 5) is 4.79. The molecule has 1 heterocycles. The Hall–Kier alpha value is -2.15. The highest BCUT2D eigenvalue weighted by atomic mass is 14.7. The van der Waals surface area contributed by atoms with Crippen molar-refractivity contribution in [3.05, 3.63) is 82.2 Å². The van der Waals surface area contributed by atoms with Crippen LogP contribution in [-0.4, -0.2) is 4.98 Å². The molecule has 0 saturated carbocycles. The third kappa shape index (κ3) is 3.36. The normalized spacial score (nSPS) is 20.0. The lowest BCUT2D eigenvalue weighted by Gasteiger charge is -2.42. The molecule has 0 unspecified atom stereocenters. The topological polar surface area (TPSA) is 12.9 Å². The summed E-state index contributed by atoms with van der Waals surface area (Å²) in [6.07, 6.45) is 9.91. The highest BCUT2D eigenvalue weighted by Gasteiger charge is 2.37. The lowest BCUT2D eigenvalue weighted by Crippen LogP contribution is -2.34. The Kier molecular flexibility index (Phi) is 4.61. The zero-order valence-electron chi connectivity index (χ0n) is 18.2. The van der Waals surface area contributed by atoms with E-state index in [1.807, 2.05) is 6.20 Å². The number of benzene rings is 1. The molecule has 28 heavy (non-hydrogen) atoms. The van der Waals surface area contributed by atoms with Crippen LogP contribution in [0.15, 0.2) is 48.7 Å². The number of rotatable bonds is 3. The van der Waals surface area contributed by atoms with Crippen LogP contribution in [0, 0.1) is 6.92 Å². The quantitative estimate of drug-likeness (QED) is 0.562. The molecule has 1 nitrogen and oxygen atoms in total. The minimum atomic E-state index is 0.250. The van der Waals surface area contributed by atoms with Crippen LogP contribution in [0.25, 0.3) is 5.57 Å². The van der Waals surface area contributed by atoms with Crippen molar-refractivity contribution >= 4 is 5.57 Å². The van der Waals surface area contributed by atoms with E-state index in [1.165, 1.54) is 46.2 Å². The Morgan fingerprint density at radius 3 is 2.25 bits per heavy atom. The third-order valence-corrected chi connectivity index (χ3v) is 6.99. The molecule has 2 aromatic rings. The van der Waals surface area contributed by atoms with Gasteiger partial charge in [0.1, 0.15) is 0 Å². The van der Waals surface area contributed by atoms with Crippen LogP contribution in [0.5, 0.6) is 0 Å². The fraction of sp³-hybridized carbons (Fsp3) is 0.444. The fourth-order valence-corrected chi connectivity index (χ4v) is 4.83. The molecule has 1 heteroatoms. The number of aromatic nitrogens is 1. The van der Waals surface area contributed by atoms with Crippen LogP contribution in [0.1, 0.15) is 86.9 Å². The van der Waals surface area contributed by atoms with Crippen LogP contribution in [0.4, 0.5) is 0 Å². The minimum Gasteiger partial charge on any atom is -0.260 e. The third-order valence-electron chi connectivity index (χ3n) is 6.99. The molecule has 0 spiro atoms. The van der Waals surface area contributed by atoms with E-state index in [-0.39, 0.29) is 10.8 Å². The molecule has 146 valence electrons. The molecule has 0 saturated heterocycles. The van der Waals surface area contributed by atoms with Gasteiger partial charge in [-0.15, -0.1) is 0 Å². The van der Waals surface area contributed by atoms with Crippen molar-refractivity contribution in [1.82, 2.24) is 4.98 Å². The maximum atomic E-state index is 4.79. The van der Waals surface area contributed by atoms with Crippen molar-refractivity contribution in [2.45, 2.75) is 77.6 Å². The van der Waals surface area contributed by atoms with E-state index in [2.05, 4.69) is 71.5 Å². The first-order valence-corrected chi connectivity index (χ1v) is 10.7. The van der Waals surface area contributed by atoms with Crippen LogP contribution in [0.3, 0.4) is 0 Å². The zero-order valence-corrected chi connectivity index (χ0v) is 18.2. The molecule has 4 rings (SSSR count). The minimum absolute atomic E-state index is 0.250. The molecule has 0 radical (unpaired) electrons. The Morgan fingerprint density at radius 2 is 1.68 bits per heavy atom. The standard InChI is InChI=1S/C27H33N/c1-18-8-7-9-23(18)20-10-11-22(28-17-20)15-21-16-25-24(14-19(21)2)26(3,4)12-13-27(25,5)6/h9-11,14,16-17H,1,7-8,12-13,15H2,2-6H3. The van der Waals surface area contributed by atoms with Crippen molar-refractivity contribution in [3.8, 4) is 0 Å². The molecule has 2 aliphatic rings. The average Bonchev–Trinajstić information content (AvgIpc) is 3.07. The number of nitrogens with zero attached hydrogens (tertiary/aromatic N) is 1. The van der Waals surface area contributed by atoms with Crippen LogP contribution in [0.2, 0.25) is 0 Å². The molecule has 0 amide bonds. The molecule has 0 atom stereocenters. The Morgan fingerprint density at radius 1 is 1.00 bits per heavy atom. The molecular weight excluding hydrogens is 338 g/mol. The van der Waals surface area contributed by atoms with Gasteiger partial charge in [-0.3, -0.25) is 4.98 Å². The largest absolute Gasteiger partial charge is 0.260 e. The van der Waals surface area contributed by atoms with E-state index < -0.39 is 0 Å². The van der Waals surface area contributed by atoms with Gasteiger partial charge in [0.2, 0.25) is 0 Å². The zero-order chi connectivity index (χ0) is 20.1. The van der Waals surface area contributed by atoms with Crippen molar-refractivity contribution in [2.75, 3.05) is 0 Å². The van der Waals surface area contributed by atoms with Gasteiger partial charge in [0, 0.05) is 18.3 Å². The number of aryl methyl sites for hydroxylation is 1. The van der Waals surface area contributed by atoms with Crippen molar-refractivity contribution in [1.29, 1.82) is 0 Å². The van der Waals surface area contributed by atoms with Crippen molar-refractivity contribution < 1.29 is 0 Å². The van der Waals surface area contributed by atoms with Gasteiger partial charge < -0.3 is 0 Å². The summed E-state index contributed by atoms with van der Waals surface area (Å²) in [6, 6.07) is 9.33. The maximum Gasteiger partial charge on any atom is 0.0447 e. The molecule has 2 aliphatic carbocycles. The highest BCUT2D eigenvalue weighted by molar-refractivity contribution is 5.80. The van der Waals surface area contributed by atoms with Gasteiger partial charge in [0.15, 0.2) is 0 Å². The second kappa shape index (κ2) is 6.72. The summed E-state index contributed by atoms with van der Waals surface area (Å²) in [5.41, 5.74) is 11.3. The number of hydrogen-bond acceptors (Lipinski definition) is 1. The van der Waals surface area contributed by atoms with Gasteiger partial charge in [-0.1, -0.05) is 58.5 Å². The molecule has 0 bridgehead atoms. The molecule has 0 aliphatic heterocycles.